The van der Waals surface area contributed by atoms with Gasteiger partial charge in [-0.3, -0.25) is 0 Å². The van der Waals surface area contributed by atoms with Crippen molar-refractivity contribution < 1.29 is 19.5 Å². The molecule has 0 aliphatic rings. The van der Waals surface area contributed by atoms with Gasteiger partial charge in [-0.15, -0.1) is 0 Å². The van der Waals surface area contributed by atoms with Gasteiger partial charge in [0.05, 0.1) is 8.07 Å². The number of hydrogen-bond acceptors (Lipinski definition) is 0. The molecule has 0 rings (SSSR count). The molecule has 65 valence electrons. The minimum absolute atomic E-state index is 0. The van der Waals surface area contributed by atoms with E-state index < -0.39 is 8.07 Å². The summed E-state index contributed by atoms with van der Waals surface area (Å²) in [6.45, 7) is 6.25. The number of rotatable bonds is 0. The van der Waals surface area contributed by atoms with Crippen molar-refractivity contribution >= 4 is 27.9 Å². The summed E-state index contributed by atoms with van der Waals surface area (Å²) < 4.78 is 0. The summed E-state index contributed by atoms with van der Waals surface area (Å²) in [5.74, 6) is 0. The average molecular weight is 283 g/mol. The summed E-state index contributed by atoms with van der Waals surface area (Å²) in [4.78, 5) is 0. The van der Waals surface area contributed by atoms with E-state index in [0.717, 1.165) is 0 Å². The van der Waals surface area contributed by atoms with Gasteiger partial charge in [0.2, 0.25) is 0 Å². The molecule has 0 aromatic carbocycles. The van der Waals surface area contributed by atoms with E-state index in [4.69, 9.17) is 6.42 Å². The van der Waals surface area contributed by atoms with Gasteiger partial charge < -0.3 is 19.4 Å². The van der Waals surface area contributed by atoms with Crippen LogP contribution in [0.5, 0.6) is 0 Å². The fourth-order valence-electron chi connectivity index (χ4n) is 0. The summed E-state index contributed by atoms with van der Waals surface area (Å²) in [6.07, 6.45) is 6.67. The quantitative estimate of drug-likeness (QED) is 0.276. The molecular weight excluding hydrogens is 265 g/mol. The zero-order valence-electron chi connectivity index (χ0n) is 7.25. The van der Waals surface area contributed by atoms with Crippen LogP contribution in [-0.4, -0.2) is 8.07 Å². The van der Waals surface area contributed by atoms with Crippen molar-refractivity contribution in [3.05, 3.63) is 13.9 Å². The Labute approximate surface area is 86.3 Å². The summed E-state index contributed by atoms with van der Waals surface area (Å²) in [5.41, 5.74) is 2.49. The van der Waals surface area contributed by atoms with Crippen LogP contribution < -0.4 is 0 Å². The Balaban J connectivity index is -0.0000000208. The van der Waals surface area contributed by atoms with Gasteiger partial charge in [-0.25, -0.2) is 0 Å². The summed E-state index contributed by atoms with van der Waals surface area (Å²) in [5, 5.41) is 0. The molecule has 0 aliphatic carbocycles. The van der Waals surface area contributed by atoms with Gasteiger partial charge in [-0.1, -0.05) is 19.6 Å². The first-order valence-corrected chi connectivity index (χ1v) is 5.50. The van der Waals surface area contributed by atoms with E-state index in [-0.39, 0.29) is 46.7 Å². The largest absolute Gasteiger partial charge is 2.00 e. The third-order valence-corrected chi connectivity index (χ3v) is 1.12. The van der Waals surface area contributed by atoms with E-state index in [1.165, 1.54) is 0 Å². The van der Waals surface area contributed by atoms with Crippen LogP contribution in [0.2, 0.25) is 19.6 Å². The maximum atomic E-state index is 6.67. The molecule has 0 aromatic heterocycles. The van der Waals surface area contributed by atoms with E-state index >= 15 is 0 Å². The molecule has 0 saturated heterocycles. The van der Waals surface area contributed by atoms with Gasteiger partial charge in [0.25, 0.3) is 0 Å². The van der Waals surface area contributed by atoms with Gasteiger partial charge in [0.1, 0.15) is 0 Å². The van der Waals surface area contributed by atoms with Crippen molar-refractivity contribution in [2.75, 3.05) is 0 Å². The van der Waals surface area contributed by atoms with E-state index in [9.17, 15) is 0 Å². The molecule has 0 amide bonds. The second-order valence-electron chi connectivity index (χ2n) is 2.38. The Morgan fingerprint density at radius 2 is 1.20 bits per heavy atom. The maximum Gasteiger partial charge on any atom is 2.00 e. The van der Waals surface area contributed by atoms with Gasteiger partial charge in [-0.05, 0) is 0 Å². The van der Waals surface area contributed by atoms with Crippen LogP contribution in [0.4, 0.5) is 0 Å². The van der Waals surface area contributed by atoms with Gasteiger partial charge in [0.15, 0.2) is 0 Å². The Morgan fingerprint density at radius 1 is 1.10 bits per heavy atom. The topological polar surface area (TPSA) is 0 Å². The minimum Gasteiger partial charge on any atom is -0.701 e. The zero-order valence-corrected chi connectivity index (χ0v) is 12.7. The molecule has 2 unspecified atom stereocenters. The van der Waals surface area contributed by atoms with Gasteiger partial charge >= 0.3 is 19.5 Å². The molecule has 2 atom stereocenters. The Hall–Kier alpha value is 1.26. The van der Waals surface area contributed by atoms with Crippen molar-refractivity contribution in [2.45, 2.75) is 19.6 Å². The molecule has 0 saturated carbocycles. The molecule has 4 heteroatoms. The Bertz CT molecular complexity index is 82.7. The molecule has 0 nitrogen and oxygen atoms in total. The predicted molar refractivity (Wildman–Crippen MR) is 59.1 cm³/mol. The molecule has 1 radical (unpaired) electrons. The number of hydrogen-bond donors (Lipinski definition) is 0. The van der Waals surface area contributed by atoms with Crippen molar-refractivity contribution in [1.82, 2.24) is 0 Å². The first kappa shape index (κ1) is 30.2. The van der Waals surface area contributed by atoms with E-state index in [1.54, 1.807) is 0 Å². The maximum absolute atomic E-state index is 6.67. The second kappa shape index (κ2) is 12.9. The summed E-state index contributed by atoms with van der Waals surface area (Å²) in [7, 11) is -1.21. The second-order valence-corrected chi connectivity index (χ2v) is 7.12. The van der Waals surface area contributed by atoms with Crippen molar-refractivity contribution in [1.29, 1.82) is 0 Å². The summed E-state index contributed by atoms with van der Waals surface area (Å²) >= 11 is 0. The van der Waals surface area contributed by atoms with Gasteiger partial charge in [0, 0.05) is 0 Å². The van der Waals surface area contributed by atoms with Crippen molar-refractivity contribution in [2.24, 2.45) is 0 Å². The normalized spacial score (nSPS) is 6.20. The molecule has 0 heterocycles. The van der Waals surface area contributed by atoms with Crippen LogP contribution in [0.25, 0.3) is 0 Å². The molecule has 0 fully saturated rings. The van der Waals surface area contributed by atoms with E-state index in [0.29, 0.717) is 0 Å². The van der Waals surface area contributed by atoms with E-state index in [2.05, 4.69) is 25.2 Å². The molecule has 0 spiro atoms. The zero-order chi connectivity index (χ0) is 5.21. The SMILES string of the molecule is P.P.[C-]#C[Si](C)(C)C.[CH3-].[Rh+2]. The van der Waals surface area contributed by atoms with Crippen LogP contribution in [0, 0.1) is 19.4 Å². The Kier molecular flexibility index (Phi) is 39.0. The molecule has 0 aromatic rings. The van der Waals surface area contributed by atoms with Crippen LogP contribution in [0.15, 0.2) is 0 Å². The standard InChI is InChI=1S/C5H9Si.CH3.2H3P.Rh/c1-5-6(2,3)4;;;;/h2-4H3;3*1H3;/q2*-1;;;+2. The molecule has 0 N–H and O–H groups in total. The van der Waals surface area contributed by atoms with Crippen molar-refractivity contribution in [3.63, 3.8) is 0 Å². The average Bonchev–Trinajstić information content (AvgIpc) is 1.35. The third kappa shape index (κ3) is 34.8. The van der Waals surface area contributed by atoms with Crippen LogP contribution in [0.1, 0.15) is 0 Å². The molecule has 0 bridgehead atoms. The first-order chi connectivity index (χ1) is 2.56. The fourth-order valence-corrected chi connectivity index (χ4v) is 0. The van der Waals surface area contributed by atoms with Crippen LogP contribution >= 0.6 is 19.8 Å². The van der Waals surface area contributed by atoms with Crippen LogP contribution in [0.3, 0.4) is 0 Å². The molecule has 0 aliphatic heterocycles. The van der Waals surface area contributed by atoms with Gasteiger partial charge in [-0.2, -0.15) is 19.8 Å². The predicted octanol–water partition coefficient (Wildman–Crippen LogP) is 2.02. The third-order valence-electron chi connectivity index (χ3n) is 0.375. The molecular formula is C6H18P2RhSi. The summed E-state index contributed by atoms with van der Waals surface area (Å²) in [6, 6.07) is 0. The van der Waals surface area contributed by atoms with Crippen LogP contribution in [-0.2, 0) is 19.5 Å². The minimum atomic E-state index is -1.21. The van der Waals surface area contributed by atoms with Crippen molar-refractivity contribution in [3.8, 4) is 5.54 Å². The monoisotopic (exact) mass is 283 g/mol. The molecule has 10 heavy (non-hydrogen) atoms. The smallest absolute Gasteiger partial charge is 0.701 e. The first-order valence-electron chi connectivity index (χ1n) is 2.00. The van der Waals surface area contributed by atoms with E-state index in [1.807, 2.05) is 0 Å². The fraction of sp³-hybridized carbons (Fsp3) is 0.500. The Morgan fingerprint density at radius 3 is 1.20 bits per heavy atom.